The molecule has 0 atom stereocenters. The van der Waals surface area contributed by atoms with Crippen LogP contribution in [0.2, 0.25) is 0 Å². The Balaban J connectivity index is 2.25. The lowest BCUT2D eigenvalue weighted by molar-refractivity contribution is 0.584. The van der Waals surface area contributed by atoms with E-state index < -0.39 is 0 Å². The number of hydrogen-bond donors (Lipinski definition) is 1. The van der Waals surface area contributed by atoms with Gasteiger partial charge in [-0.15, -0.1) is 0 Å². The number of rotatable bonds is 5. The number of halogens is 2. The van der Waals surface area contributed by atoms with Crippen molar-refractivity contribution in [3.63, 3.8) is 0 Å². The first-order valence-corrected chi connectivity index (χ1v) is 8.76. The van der Waals surface area contributed by atoms with Gasteiger partial charge in [-0.05, 0) is 45.8 Å². The van der Waals surface area contributed by atoms with E-state index in [-0.39, 0.29) is 0 Å². The minimum atomic E-state index is 0.470. The smallest absolute Gasteiger partial charge is 0.115 e. The van der Waals surface area contributed by atoms with Gasteiger partial charge in [0.1, 0.15) is 5.03 Å². The standard InChI is InChI=1S/C15H16Br2N2S/c1-10(2)19-9-11-5-6-12(16)8-14(11)20-15-13(17)4-3-7-18-15/h3-8,10,19H,9H2,1-2H3. The fraction of sp³-hybridized carbons (Fsp3) is 0.267. The summed E-state index contributed by atoms with van der Waals surface area (Å²) in [5.74, 6) is 0. The highest BCUT2D eigenvalue weighted by molar-refractivity contribution is 9.10. The Morgan fingerprint density at radius 1 is 1.25 bits per heavy atom. The van der Waals surface area contributed by atoms with Crippen LogP contribution in [0.1, 0.15) is 19.4 Å². The van der Waals surface area contributed by atoms with Gasteiger partial charge in [0.2, 0.25) is 0 Å². The van der Waals surface area contributed by atoms with E-state index in [1.807, 2.05) is 18.3 Å². The van der Waals surface area contributed by atoms with E-state index in [4.69, 9.17) is 0 Å². The maximum Gasteiger partial charge on any atom is 0.115 e. The highest BCUT2D eigenvalue weighted by atomic mass is 79.9. The third kappa shape index (κ3) is 4.58. The molecule has 2 rings (SSSR count). The second-order valence-electron chi connectivity index (χ2n) is 4.68. The van der Waals surface area contributed by atoms with Crippen LogP contribution in [0.15, 0.2) is 55.4 Å². The van der Waals surface area contributed by atoms with Crippen LogP contribution < -0.4 is 5.32 Å². The van der Waals surface area contributed by atoms with Crippen LogP contribution in [0.5, 0.6) is 0 Å². The van der Waals surface area contributed by atoms with Gasteiger partial charge in [0.05, 0.1) is 4.47 Å². The van der Waals surface area contributed by atoms with Crippen LogP contribution in [0.3, 0.4) is 0 Å². The van der Waals surface area contributed by atoms with E-state index in [1.165, 1.54) is 10.5 Å². The quantitative estimate of drug-likeness (QED) is 0.721. The van der Waals surface area contributed by atoms with Crippen molar-refractivity contribution in [2.45, 2.75) is 36.4 Å². The fourth-order valence-corrected chi connectivity index (χ4v) is 3.59. The largest absolute Gasteiger partial charge is 0.310 e. The predicted octanol–water partition coefficient (Wildman–Crippen LogP) is 5.26. The SMILES string of the molecule is CC(C)NCc1ccc(Br)cc1Sc1ncccc1Br. The van der Waals surface area contributed by atoms with Crippen LogP contribution in [0.25, 0.3) is 0 Å². The van der Waals surface area contributed by atoms with E-state index in [0.717, 1.165) is 20.5 Å². The molecule has 0 aliphatic rings. The van der Waals surface area contributed by atoms with E-state index in [1.54, 1.807) is 11.8 Å². The van der Waals surface area contributed by atoms with Gasteiger partial charge in [0, 0.05) is 28.2 Å². The number of nitrogens with zero attached hydrogens (tertiary/aromatic N) is 1. The molecule has 1 aromatic heterocycles. The van der Waals surface area contributed by atoms with Gasteiger partial charge in [-0.3, -0.25) is 0 Å². The van der Waals surface area contributed by atoms with Crippen LogP contribution >= 0.6 is 43.6 Å². The zero-order valence-electron chi connectivity index (χ0n) is 11.4. The number of hydrogen-bond acceptors (Lipinski definition) is 3. The fourth-order valence-electron chi connectivity index (χ4n) is 1.63. The monoisotopic (exact) mass is 414 g/mol. The van der Waals surface area contributed by atoms with Gasteiger partial charge >= 0.3 is 0 Å². The molecule has 2 nitrogen and oxygen atoms in total. The molecule has 0 aliphatic heterocycles. The molecule has 0 amide bonds. The Kier molecular flexibility index (Phi) is 6.08. The highest BCUT2D eigenvalue weighted by Crippen LogP contribution is 2.35. The number of nitrogens with one attached hydrogen (secondary N) is 1. The van der Waals surface area contributed by atoms with Crippen molar-refractivity contribution in [2.24, 2.45) is 0 Å². The first-order valence-electron chi connectivity index (χ1n) is 6.36. The van der Waals surface area contributed by atoms with E-state index in [0.29, 0.717) is 6.04 Å². The number of benzene rings is 1. The molecule has 0 unspecified atom stereocenters. The summed E-state index contributed by atoms with van der Waals surface area (Å²) in [5.41, 5.74) is 1.28. The minimum absolute atomic E-state index is 0.470. The van der Waals surface area contributed by atoms with Crippen molar-refractivity contribution in [1.29, 1.82) is 0 Å². The second kappa shape index (κ2) is 7.59. The molecule has 1 heterocycles. The molecular formula is C15H16Br2N2S. The van der Waals surface area contributed by atoms with E-state index >= 15 is 0 Å². The van der Waals surface area contributed by atoms with Gasteiger partial charge in [-0.25, -0.2) is 4.98 Å². The maximum atomic E-state index is 4.42. The molecule has 1 aromatic carbocycles. The molecule has 0 saturated carbocycles. The van der Waals surface area contributed by atoms with Crippen molar-refractivity contribution >= 4 is 43.6 Å². The molecule has 0 aliphatic carbocycles. The summed E-state index contributed by atoms with van der Waals surface area (Å²) >= 11 is 8.77. The van der Waals surface area contributed by atoms with Crippen LogP contribution in [-0.4, -0.2) is 11.0 Å². The molecule has 0 radical (unpaired) electrons. The third-order valence-corrected chi connectivity index (χ3v) is 5.18. The molecule has 0 bridgehead atoms. The van der Waals surface area contributed by atoms with Gasteiger partial charge < -0.3 is 5.32 Å². The van der Waals surface area contributed by atoms with Crippen LogP contribution in [0.4, 0.5) is 0 Å². The zero-order valence-corrected chi connectivity index (χ0v) is 15.3. The molecule has 106 valence electrons. The first kappa shape index (κ1) is 16.0. The van der Waals surface area contributed by atoms with Gasteiger partial charge in [-0.1, -0.05) is 47.6 Å². The summed E-state index contributed by atoms with van der Waals surface area (Å²) in [4.78, 5) is 5.63. The van der Waals surface area contributed by atoms with Gasteiger partial charge in [0.15, 0.2) is 0 Å². The average Bonchev–Trinajstić information content (AvgIpc) is 2.40. The van der Waals surface area contributed by atoms with Crippen molar-refractivity contribution in [3.05, 3.63) is 51.0 Å². The Morgan fingerprint density at radius 3 is 2.75 bits per heavy atom. The molecule has 20 heavy (non-hydrogen) atoms. The van der Waals surface area contributed by atoms with E-state index in [9.17, 15) is 0 Å². The summed E-state index contributed by atoms with van der Waals surface area (Å²) in [5, 5.41) is 4.44. The lowest BCUT2D eigenvalue weighted by Crippen LogP contribution is -2.22. The zero-order chi connectivity index (χ0) is 14.5. The third-order valence-electron chi connectivity index (χ3n) is 2.66. The van der Waals surface area contributed by atoms with Crippen molar-refractivity contribution in [2.75, 3.05) is 0 Å². The highest BCUT2D eigenvalue weighted by Gasteiger charge is 2.09. The Bertz CT molecular complexity index is 588. The minimum Gasteiger partial charge on any atom is -0.310 e. The van der Waals surface area contributed by atoms with Gasteiger partial charge in [-0.2, -0.15) is 0 Å². The molecule has 5 heteroatoms. The molecule has 2 aromatic rings. The topological polar surface area (TPSA) is 24.9 Å². The normalized spacial score (nSPS) is 11.1. The maximum absolute atomic E-state index is 4.42. The Labute approximate surface area is 141 Å². The number of aromatic nitrogens is 1. The lowest BCUT2D eigenvalue weighted by Gasteiger charge is -2.13. The molecule has 0 saturated heterocycles. The van der Waals surface area contributed by atoms with Crippen molar-refractivity contribution in [3.8, 4) is 0 Å². The molecule has 0 fully saturated rings. The summed E-state index contributed by atoms with van der Waals surface area (Å²) in [7, 11) is 0. The molecular weight excluding hydrogens is 400 g/mol. The average molecular weight is 416 g/mol. The Hall–Kier alpha value is -0.360. The van der Waals surface area contributed by atoms with E-state index in [2.05, 4.69) is 74.2 Å². The lowest BCUT2D eigenvalue weighted by atomic mass is 10.2. The van der Waals surface area contributed by atoms with Crippen LogP contribution in [0, 0.1) is 0 Å². The number of pyridine rings is 1. The summed E-state index contributed by atoms with van der Waals surface area (Å²) in [6.07, 6.45) is 1.82. The molecule has 1 N–H and O–H groups in total. The van der Waals surface area contributed by atoms with Crippen molar-refractivity contribution < 1.29 is 0 Å². The predicted molar refractivity (Wildman–Crippen MR) is 92.2 cm³/mol. The Morgan fingerprint density at radius 2 is 2.05 bits per heavy atom. The molecule has 0 spiro atoms. The summed E-state index contributed by atoms with van der Waals surface area (Å²) < 4.78 is 2.10. The second-order valence-corrected chi connectivity index (χ2v) is 7.48. The van der Waals surface area contributed by atoms with Crippen LogP contribution in [-0.2, 0) is 6.54 Å². The summed E-state index contributed by atoms with van der Waals surface area (Å²) in [6, 6.07) is 10.8. The first-order chi connectivity index (χ1) is 9.56. The van der Waals surface area contributed by atoms with Crippen molar-refractivity contribution in [1.82, 2.24) is 10.3 Å². The summed E-state index contributed by atoms with van der Waals surface area (Å²) in [6.45, 7) is 5.17. The van der Waals surface area contributed by atoms with Gasteiger partial charge in [0.25, 0.3) is 0 Å².